The van der Waals surface area contributed by atoms with Crippen molar-refractivity contribution < 1.29 is 28.6 Å². The normalized spacial score (nSPS) is 16.5. The van der Waals surface area contributed by atoms with E-state index in [4.69, 9.17) is 14.2 Å². The second-order valence-electron chi connectivity index (χ2n) is 7.35. The Kier molecular flexibility index (Phi) is 7.83. The Labute approximate surface area is 181 Å². The quantitative estimate of drug-likeness (QED) is 0.527. The highest BCUT2D eigenvalue weighted by atomic mass is 16.5. The number of hydrogen-bond acceptors (Lipinski definition) is 7. The van der Waals surface area contributed by atoms with Crippen LogP contribution in [0.15, 0.2) is 47.2 Å². The fourth-order valence-corrected chi connectivity index (χ4v) is 3.80. The second kappa shape index (κ2) is 10.8. The first-order chi connectivity index (χ1) is 15.1. The molecule has 0 unspecified atom stereocenters. The van der Waals surface area contributed by atoms with Crippen LogP contribution in [0.3, 0.4) is 0 Å². The largest absolute Gasteiger partial charge is 0.466 e. The third kappa shape index (κ3) is 5.32. The summed E-state index contributed by atoms with van der Waals surface area (Å²) >= 11 is 0. The van der Waals surface area contributed by atoms with Crippen LogP contribution in [0.2, 0.25) is 0 Å². The minimum Gasteiger partial charge on any atom is -0.466 e. The monoisotopic (exact) mass is 428 g/mol. The molecule has 1 amide bonds. The van der Waals surface area contributed by atoms with Gasteiger partial charge >= 0.3 is 11.9 Å². The number of rotatable bonds is 7. The van der Waals surface area contributed by atoms with Crippen molar-refractivity contribution in [2.75, 3.05) is 39.0 Å². The van der Waals surface area contributed by atoms with Crippen LogP contribution in [0.25, 0.3) is 0 Å². The summed E-state index contributed by atoms with van der Waals surface area (Å²) in [5.41, 5.74) is 2.24. The third-order valence-electron chi connectivity index (χ3n) is 5.39. The molecule has 1 aliphatic heterocycles. The molecule has 166 valence electrons. The first-order valence-corrected chi connectivity index (χ1v) is 10.4. The number of nitrogens with zero attached hydrogens (tertiary/aromatic N) is 1. The maximum absolute atomic E-state index is 12.9. The van der Waals surface area contributed by atoms with E-state index in [1.165, 1.54) is 37.5 Å². The van der Waals surface area contributed by atoms with Crippen molar-refractivity contribution in [1.82, 2.24) is 5.32 Å². The van der Waals surface area contributed by atoms with E-state index >= 15 is 0 Å². The Morgan fingerprint density at radius 3 is 2.58 bits per heavy atom. The molecule has 0 saturated heterocycles. The lowest BCUT2D eigenvalue weighted by molar-refractivity contribution is -0.140. The number of carbonyl (C=O) groups excluding carboxylic acids is 3. The number of benzene rings is 1. The van der Waals surface area contributed by atoms with E-state index in [0.29, 0.717) is 17.8 Å². The Morgan fingerprint density at radius 1 is 1.10 bits per heavy atom. The van der Waals surface area contributed by atoms with Gasteiger partial charge in [-0.15, -0.1) is 0 Å². The van der Waals surface area contributed by atoms with Crippen LogP contribution >= 0.6 is 0 Å². The number of ether oxygens (including phenoxy) is 3. The fourth-order valence-electron chi connectivity index (χ4n) is 3.80. The van der Waals surface area contributed by atoms with Crippen LogP contribution < -0.4 is 10.2 Å². The summed E-state index contributed by atoms with van der Waals surface area (Å²) in [5, 5.41) is 2.96. The molecule has 1 N–H and O–H groups in total. The first-order valence-electron chi connectivity index (χ1n) is 10.4. The van der Waals surface area contributed by atoms with E-state index in [2.05, 4.69) is 11.4 Å². The van der Waals surface area contributed by atoms with Gasteiger partial charge in [0.15, 0.2) is 0 Å². The molecule has 1 heterocycles. The third-order valence-corrected chi connectivity index (χ3v) is 5.39. The van der Waals surface area contributed by atoms with E-state index in [-0.39, 0.29) is 30.5 Å². The summed E-state index contributed by atoms with van der Waals surface area (Å²) in [5.74, 6) is -1.66. The van der Waals surface area contributed by atoms with Crippen molar-refractivity contribution in [3.8, 4) is 0 Å². The molecule has 0 saturated carbocycles. The van der Waals surface area contributed by atoms with Crippen LogP contribution in [-0.4, -0.2) is 51.9 Å². The van der Waals surface area contributed by atoms with Gasteiger partial charge in [0.2, 0.25) is 0 Å². The second-order valence-corrected chi connectivity index (χ2v) is 7.35. The number of esters is 2. The van der Waals surface area contributed by atoms with Crippen LogP contribution in [0.5, 0.6) is 0 Å². The van der Waals surface area contributed by atoms with Crippen LogP contribution in [0, 0.1) is 0 Å². The van der Waals surface area contributed by atoms with Gasteiger partial charge in [0.1, 0.15) is 12.4 Å². The zero-order chi connectivity index (χ0) is 22.2. The number of methoxy groups -OCH3 is 2. The molecule has 0 spiro atoms. The summed E-state index contributed by atoms with van der Waals surface area (Å²) in [4.78, 5) is 39.1. The van der Waals surface area contributed by atoms with E-state index < -0.39 is 11.9 Å². The van der Waals surface area contributed by atoms with Crippen molar-refractivity contribution in [2.45, 2.75) is 32.1 Å². The molecular formula is C23H28N2O6. The Morgan fingerprint density at radius 2 is 1.87 bits per heavy atom. The predicted octanol–water partition coefficient (Wildman–Crippen LogP) is 2.70. The lowest BCUT2D eigenvalue weighted by Crippen LogP contribution is -2.40. The van der Waals surface area contributed by atoms with Gasteiger partial charge in [-0.3, -0.25) is 4.79 Å². The van der Waals surface area contributed by atoms with Gasteiger partial charge in [0, 0.05) is 6.54 Å². The van der Waals surface area contributed by atoms with Crippen molar-refractivity contribution >= 4 is 23.5 Å². The fraction of sp³-hybridized carbons (Fsp3) is 0.435. The maximum atomic E-state index is 12.9. The van der Waals surface area contributed by atoms with E-state index in [0.717, 1.165) is 19.3 Å². The standard InChI is InChI=1S/C23H28N2O6/c1-29-22(27)18-14-31-15-25(20(18)23(28)30-2)19-11-7-6-10-17(19)21(26)24-13-12-16-8-4-3-5-9-16/h6-8,10-11H,3-5,9,12-15H2,1-2H3,(H,24,26). The van der Waals surface area contributed by atoms with Crippen molar-refractivity contribution in [1.29, 1.82) is 0 Å². The van der Waals surface area contributed by atoms with Gasteiger partial charge in [0.25, 0.3) is 5.91 Å². The number of para-hydroxylation sites is 1. The number of carbonyl (C=O) groups is 3. The molecule has 8 nitrogen and oxygen atoms in total. The highest BCUT2D eigenvalue weighted by Gasteiger charge is 2.33. The minimum absolute atomic E-state index is 0.00760. The molecule has 3 rings (SSSR count). The zero-order valence-corrected chi connectivity index (χ0v) is 17.9. The topological polar surface area (TPSA) is 94.2 Å². The lowest BCUT2D eigenvalue weighted by atomic mass is 9.97. The van der Waals surface area contributed by atoms with E-state index in [9.17, 15) is 14.4 Å². The molecule has 1 aromatic carbocycles. The number of allylic oxidation sites excluding steroid dienone is 1. The average molecular weight is 428 g/mol. The molecule has 31 heavy (non-hydrogen) atoms. The van der Waals surface area contributed by atoms with E-state index in [1.807, 2.05) is 0 Å². The summed E-state index contributed by atoms with van der Waals surface area (Å²) in [7, 11) is 2.46. The van der Waals surface area contributed by atoms with Gasteiger partial charge < -0.3 is 24.4 Å². The highest BCUT2D eigenvalue weighted by Crippen LogP contribution is 2.29. The minimum atomic E-state index is -0.705. The van der Waals surface area contributed by atoms with Crippen molar-refractivity contribution in [3.63, 3.8) is 0 Å². The van der Waals surface area contributed by atoms with Gasteiger partial charge in [-0.2, -0.15) is 0 Å². The summed E-state index contributed by atoms with van der Waals surface area (Å²) in [6.07, 6.45) is 7.69. The van der Waals surface area contributed by atoms with Crippen molar-refractivity contribution in [3.05, 3.63) is 52.7 Å². The molecule has 1 aliphatic carbocycles. The maximum Gasteiger partial charge on any atom is 0.355 e. The predicted molar refractivity (Wildman–Crippen MR) is 114 cm³/mol. The number of anilines is 1. The van der Waals surface area contributed by atoms with E-state index in [1.54, 1.807) is 24.3 Å². The Balaban J connectivity index is 1.85. The average Bonchev–Trinajstić information content (AvgIpc) is 2.83. The van der Waals surface area contributed by atoms with Gasteiger partial charge in [0.05, 0.1) is 37.7 Å². The molecule has 1 aromatic rings. The number of amides is 1. The van der Waals surface area contributed by atoms with Crippen molar-refractivity contribution in [2.24, 2.45) is 0 Å². The van der Waals surface area contributed by atoms with Gasteiger partial charge in [-0.1, -0.05) is 23.8 Å². The molecule has 0 aromatic heterocycles. The number of hydrogen-bond donors (Lipinski definition) is 1. The molecular weight excluding hydrogens is 400 g/mol. The molecule has 0 atom stereocenters. The molecule has 0 bridgehead atoms. The molecule has 0 radical (unpaired) electrons. The lowest BCUT2D eigenvalue weighted by Gasteiger charge is -2.32. The van der Waals surface area contributed by atoms with Gasteiger partial charge in [-0.25, -0.2) is 9.59 Å². The molecule has 0 fully saturated rings. The SMILES string of the molecule is COC(=O)C1=C(C(=O)OC)N(c2ccccc2C(=O)NCCC2=CCCCC2)COC1. The highest BCUT2D eigenvalue weighted by molar-refractivity contribution is 6.06. The Hall–Kier alpha value is -3.13. The number of nitrogens with one attached hydrogen (secondary N) is 1. The first kappa shape index (κ1) is 22.6. The van der Waals surface area contributed by atoms with Crippen LogP contribution in [-0.2, 0) is 23.8 Å². The zero-order valence-electron chi connectivity index (χ0n) is 17.9. The Bertz CT molecular complexity index is 905. The smallest absolute Gasteiger partial charge is 0.355 e. The van der Waals surface area contributed by atoms with Crippen LogP contribution in [0.1, 0.15) is 42.5 Å². The molecule has 2 aliphatic rings. The summed E-state index contributed by atoms with van der Waals surface area (Å²) < 4.78 is 15.2. The summed E-state index contributed by atoms with van der Waals surface area (Å²) in [6, 6.07) is 6.87. The summed E-state index contributed by atoms with van der Waals surface area (Å²) in [6.45, 7) is 0.432. The van der Waals surface area contributed by atoms with Gasteiger partial charge in [-0.05, 0) is 44.2 Å². The van der Waals surface area contributed by atoms with Crippen LogP contribution in [0.4, 0.5) is 5.69 Å². The molecule has 8 heteroatoms.